The van der Waals surface area contributed by atoms with Gasteiger partial charge in [0.2, 0.25) is 5.91 Å². The molecule has 1 aromatic carbocycles. The molecule has 2 N–H and O–H groups in total. The fourth-order valence-corrected chi connectivity index (χ4v) is 3.67. The van der Waals surface area contributed by atoms with Crippen molar-refractivity contribution in [2.45, 2.75) is 6.92 Å². The zero-order valence-electron chi connectivity index (χ0n) is 13.2. The fourth-order valence-electron chi connectivity index (χ4n) is 2.04. The number of nitrogens with one attached hydrogen (secondary N) is 2. The average molecular weight is 375 g/mol. The van der Waals surface area contributed by atoms with Gasteiger partial charge in [0.15, 0.2) is 5.13 Å². The van der Waals surface area contributed by atoms with Crippen LogP contribution in [0.1, 0.15) is 15.2 Å². The number of carbonyl (C=O) groups is 2. The molecule has 0 saturated heterocycles. The SMILES string of the molecule is Cc1ccc(-c2csc(NC(=O)CNC(=O)c3ccc(F)cc3)n2)s1. The van der Waals surface area contributed by atoms with Crippen LogP contribution in [0.2, 0.25) is 0 Å². The molecule has 0 aliphatic heterocycles. The molecule has 25 heavy (non-hydrogen) atoms. The van der Waals surface area contributed by atoms with Gasteiger partial charge in [-0.15, -0.1) is 22.7 Å². The standard InChI is InChI=1S/C17H14FN3O2S2/c1-10-2-7-14(25-10)13-9-24-17(20-13)21-15(22)8-19-16(23)11-3-5-12(18)6-4-11/h2-7,9H,8H2,1H3,(H,19,23)(H,20,21,22). The third-order valence-corrected chi connectivity index (χ3v) is 5.04. The first kappa shape index (κ1) is 17.2. The number of anilines is 1. The summed E-state index contributed by atoms with van der Waals surface area (Å²) < 4.78 is 12.8. The summed E-state index contributed by atoms with van der Waals surface area (Å²) in [5.41, 5.74) is 1.10. The predicted octanol–water partition coefficient (Wildman–Crippen LogP) is 3.69. The Labute approximate surface area is 151 Å². The van der Waals surface area contributed by atoms with E-state index in [4.69, 9.17) is 0 Å². The Morgan fingerprint density at radius 2 is 1.92 bits per heavy atom. The van der Waals surface area contributed by atoms with E-state index in [1.165, 1.54) is 40.5 Å². The molecule has 0 bridgehead atoms. The van der Waals surface area contributed by atoms with Crippen LogP contribution in [0.4, 0.5) is 9.52 Å². The van der Waals surface area contributed by atoms with E-state index >= 15 is 0 Å². The summed E-state index contributed by atoms with van der Waals surface area (Å²) in [5.74, 6) is -1.24. The summed E-state index contributed by atoms with van der Waals surface area (Å²) in [7, 11) is 0. The van der Waals surface area contributed by atoms with Crippen molar-refractivity contribution >= 4 is 39.6 Å². The molecule has 3 rings (SSSR count). The highest BCUT2D eigenvalue weighted by Gasteiger charge is 2.11. The molecule has 128 valence electrons. The Morgan fingerprint density at radius 3 is 2.60 bits per heavy atom. The van der Waals surface area contributed by atoms with Crippen molar-refractivity contribution < 1.29 is 14.0 Å². The largest absolute Gasteiger partial charge is 0.343 e. The van der Waals surface area contributed by atoms with E-state index in [0.29, 0.717) is 10.7 Å². The summed E-state index contributed by atoms with van der Waals surface area (Å²) >= 11 is 2.96. The van der Waals surface area contributed by atoms with Crippen LogP contribution in [0, 0.1) is 12.7 Å². The summed E-state index contributed by atoms with van der Waals surface area (Å²) in [4.78, 5) is 30.4. The van der Waals surface area contributed by atoms with Crippen LogP contribution in [0.3, 0.4) is 0 Å². The number of carbonyl (C=O) groups excluding carboxylic acids is 2. The second-order valence-electron chi connectivity index (χ2n) is 5.19. The predicted molar refractivity (Wildman–Crippen MR) is 97.5 cm³/mol. The normalized spacial score (nSPS) is 10.5. The van der Waals surface area contributed by atoms with E-state index in [2.05, 4.69) is 15.6 Å². The number of thiophene rings is 1. The number of hydrogen-bond donors (Lipinski definition) is 2. The Kier molecular flexibility index (Phi) is 5.20. The van der Waals surface area contributed by atoms with Gasteiger partial charge in [0.1, 0.15) is 5.82 Å². The Hall–Kier alpha value is -2.58. The highest BCUT2D eigenvalue weighted by molar-refractivity contribution is 7.17. The number of aromatic nitrogens is 1. The number of benzene rings is 1. The minimum Gasteiger partial charge on any atom is -0.343 e. The van der Waals surface area contributed by atoms with Crippen LogP contribution in [0.5, 0.6) is 0 Å². The molecule has 0 atom stereocenters. The van der Waals surface area contributed by atoms with Gasteiger partial charge in [0.05, 0.1) is 17.1 Å². The van der Waals surface area contributed by atoms with Gasteiger partial charge >= 0.3 is 0 Å². The highest BCUT2D eigenvalue weighted by atomic mass is 32.1. The van der Waals surface area contributed by atoms with Crippen LogP contribution >= 0.6 is 22.7 Å². The Morgan fingerprint density at radius 1 is 1.16 bits per heavy atom. The molecule has 0 spiro atoms. The zero-order chi connectivity index (χ0) is 17.8. The number of thiazole rings is 1. The van der Waals surface area contributed by atoms with Crippen LogP contribution in [0.25, 0.3) is 10.6 Å². The number of rotatable bonds is 5. The lowest BCUT2D eigenvalue weighted by Crippen LogP contribution is -2.32. The molecule has 5 nitrogen and oxygen atoms in total. The lowest BCUT2D eigenvalue weighted by atomic mass is 10.2. The van der Waals surface area contributed by atoms with Gasteiger partial charge in [0, 0.05) is 15.8 Å². The van der Waals surface area contributed by atoms with Crippen molar-refractivity contribution in [2.24, 2.45) is 0 Å². The number of nitrogens with zero attached hydrogens (tertiary/aromatic N) is 1. The lowest BCUT2D eigenvalue weighted by Gasteiger charge is -2.05. The zero-order valence-corrected chi connectivity index (χ0v) is 14.8. The van der Waals surface area contributed by atoms with Crippen molar-refractivity contribution in [1.29, 1.82) is 0 Å². The molecule has 8 heteroatoms. The number of amides is 2. The average Bonchev–Trinajstić information content (AvgIpc) is 3.22. The lowest BCUT2D eigenvalue weighted by molar-refractivity contribution is -0.115. The minimum absolute atomic E-state index is 0.191. The molecular formula is C17H14FN3O2S2. The number of aryl methyl sites for hydroxylation is 1. The summed E-state index contributed by atoms with van der Waals surface area (Å²) in [6.07, 6.45) is 0. The fraction of sp³-hybridized carbons (Fsp3) is 0.118. The van der Waals surface area contributed by atoms with Crippen molar-refractivity contribution in [2.75, 3.05) is 11.9 Å². The first-order chi connectivity index (χ1) is 12.0. The van der Waals surface area contributed by atoms with Crippen LogP contribution in [-0.4, -0.2) is 23.3 Å². The maximum absolute atomic E-state index is 12.8. The molecule has 0 aliphatic carbocycles. The van der Waals surface area contributed by atoms with Crippen molar-refractivity contribution in [3.05, 3.63) is 58.0 Å². The second kappa shape index (κ2) is 7.54. The summed E-state index contributed by atoms with van der Waals surface area (Å²) in [5, 5.41) is 7.49. The van der Waals surface area contributed by atoms with Gasteiger partial charge in [-0.3, -0.25) is 9.59 Å². The number of halogens is 1. The van der Waals surface area contributed by atoms with Crippen molar-refractivity contribution in [1.82, 2.24) is 10.3 Å². The van der Waals surface area contributed by atoms with E-state index < -0.39 is 11.7 Å². The maximum Gasteiger partial charge on any atom is 0.251 e. The monoisotopic (exact) mass is 375 g/mol. The number of hydrogen-bond acceptors (Lipinski definition) is 5. The van der Waals surface area contributed by atoms with Gasteiger partial charge in [-0.05, 0) is 43.3 Å². The maximum atomic E-state index is 12.8. The molecule has 0 saturated carbocycles. The summed E-state index contributed by atoms with van der Waals surface area (Å²) in [6.45, 7) is 1.83. The first-order valence-electron chi connectivity index (χ1n) is 7.37. The topological polar surface area (TPSA) is 71.1 Å². The molecule has 3 aromatic rings. The van der Waals surface area contributed by atoms with E-state index in [1.54, 1.807) is 11.3 Å². The first-order valence-corrected chi connectivity index (χ1v) is 9.07. The molecule has 0 aliphatic rings. The second-order valence-corrected chi connectivity index (χ2v) is 7.33. The molecule has 0 radical (unpaired) electrons. The van der Waals surface area contributed by atoms with Crippen molar-refractivity contribution in [3.8, 4) is 10.6 Å². The van der Waals surface area contributed by atoms with Gasteiger partial charge in [0.25, 0.3) is 5.91 Å². The van der Waals surface area contributed by atoms with Crippen LogP contribution in [0.15, 0.2) is 41.8 Å². The third-order valence-electron chi connectivity index (χ3n) is 3.26. The molecule has 2 aromatic heterocycles. The molecular weight excluding hydrogens is 361 g/mol. The smallest absolute Gasteiger partial charge is 0.251 e. The van der Waals surface area contributed by atoms with Crippen LogP contribution in [-0.2, 0) is 4.79 Å². The minimum atomic E-state index is -0.441. The van der Waals surface area contributed by atoms with E-state index in [1.807, 2.05) is 24.4 Å². The van der Waals surface area contributed by atoms with E-state index in [9.17, 15) is 14.0 Å². The van der Waals surface area contributed by atoms with E-state index in [-0.39, 0.29) is 12.5 Å². The quantitative estimate of drug-likeness (QED) is 0.714. The third kappa shape index (κ3) is 4.49. The van der Waals surface area contributed by atoms with Gasteiger partial charge < -0.3 is 10.6 Å². The van der Waals surface area contributed by atoms with Gasteiger partial charge in [-0.1, -0.05) is 0 Å². The Bertz CT molecular complexity index is 903. The molecule has 2 amide bonds. The van der Waals surface area contributed by atoms with Crippen LogP contribution < -0.4 is 10.6 Å². The van der Waals surface area contributed by atoms with E-state index in [0.717, 1.165) is 10.6 Å². The molecule has 0 fully saturated rings. The molecule has 2 heterocycles. The Balaban J connectivity index is 1.53. The van der Waals surface area contributed by atoms with Gasteiger partial charge in [-0.25, -0.2) is 9.37 Å². The summed E-state index contributed by atoms with van der Waals surface area (Å²) in [6, 6.07) is 9.11. The highest BCUT2D eigenvalue weighted by Crippen LogP contribution is 2.30. The van der Waals surface area contributed by atoms with Crippen molar-refractivity contribution in [3.63, 3.8) is 0 Å². The molecule has 0 unspecified atom stereocenters. The van der Waals surface area contributed by atoms with Gasteiger partial charge in [-0.2, -0.15) is 0 Å².